The van der Waals surface area contributed by atoms with Crippen LogP contribution in [-0.2, 0) is 4.79 Å². The zero-order valence-electron chi connectivity index (χ0n) is 16.6. The molecule has 3 rings (SSSR count). The lowest BCUT2D eigenvalue weighted by molar-refractivity contribution is -0.121. The fraction of sp³-hybridized carbons (Fsp3) is 0.391. The van der Waals surface area contributed by atoms with E-state index >= 15 is 0 Å². The number of benzene rings is 1. The number of aromatic nitrogens is 2. The molecule has 4 nitrogen and oxygen atoms in total. The monoisotopic (exact) mass is 381 g/mol. The molecule has 0 radical (unpaired) electrons. The van der Waals surface area contributed by atoms with Gasteiger partial charge in [0.1, 0.15) is 11.5 Å². The first kappa shape index (κ1) is 20.1. The fourth-order valence-corrected chi connectivity index (χ4v) is 3.58. The van der Waals surface area contributed by atoms with Crippen molar-refractivity contribution in [1.82, 2.24) is 14.7 Å². The van der Waals surface area contributed by atoms with Gasteiger partial charge < -0.3 is 9.72 Å². The topological polar surface area (TPSA) is 46.4 Å². The highest BCUT2D eigenvalue weighted by atomic mass is 19.1. The van der Waals surface area contributed by atoms with Crippen LogP contribution in [-0.4, -0.2) is 21.8 Å². The number of pyridine rings is 1. The molecule has 0 spiro atoms. The number of halogens is 1. The van der Waals surface area contributed by atoms with Gasteiger partial charge in [-0.2, -0.15) is 0 Å². The van der Waals surface area contributed by atoms with Crippen LogP contribution in [0.1, 0.15) is 61.8 Å². The van der Waals surface area contributed by atoms with E-state index in [4.69, 9.17) is 0 Å². The number of carbonyl (C=O) groups is 1. The fourth-order valence-electron chi connectivity index (χ4n) is 3.58. The van der Waals surface area contributed by atoms with Crippen LogP contribution < -0.4 is 5.32 Å². The summed E-state index contributed by atoms with van der Waals surface area (Å²) in [6.45, 7) is 4.85. The average molecular weight is 381 g/mol. The van der Waals surface area contributed by atoms with Crippen LogP contribution in [0.2, 0.25) is 0 Å². The third-order valence-corrected chi connectivity index (χ3v) is 5.11. The van der Waals surface area contributed by atoms with E-state index in [1.807, 2.05) is 35.7 Å². The van der Waals surface area contributed by atoms with Gasteiger partial charge in [-0.3, -0.25) is 4.79 Å². The number of amides is 1. The van der Waals surface area contributed by atoms with Crippen molar-refractivity contribution in [2.45, 2.75) is 51.9 Å². The minimum absolute atomic E-state index is 0.0200. The van der Waals surface area contributed by atoms with Gasteiger partial charge in [0, 0.05) is 31.3 Å². The Hall–Kier alpha value is -2.69. The maximum Gasteiger partial charge on any atom is 0.221 e. The van der Waals surface area contributed by atoms with Crippen molar-refractivity contribution in [1.29, 1.82) is 0 Å². The van der Waals surface area contributed by atoms with Crippen LogP contribution in [0.25, 0.3) is 5.65 Å². The molecule has 28 heavy (non-hydrogen) atoms. The second-order valence-electron chi connectivity index (χ2n) is 7.29. The molecule has 0 saturated carbocycles. The van der Waals surface area contributed by atoms with Gasteiger partial charge in [-0.15, -0.1) is 0 Å². The molecule has 0 fully saturated rings. The molecule has 0 saturated heterocycles. The zero-order valence-corrected chi connectivity index (χ0v) is 16.6. The molecule has 1 amide bonds. The van der Waals surface area contributed by atoms with Gasteiger partial charge in [-0.25, -0.2) is 9.37 Å². The highest BCUT2D eigenvalue weighted by Gasteiger charge is 2.22. The highest BCUT2D eigenvalue weighted by molar-refractivity contribution is 5.77. The Bertz CT molecular complexity index is 934. The second-order valence-corrected chi connectivity index (χ2v) is 7.29. The van der Waals surface area contributed by atoms with Gasteiger partial charge in [0.05, 0.1) is 5.69 Å². The largest absolute Gasteiger partial charge is 0.356 e. The van der Waals surface area contributed by atoms with Crippen molar-refractivity contribution >= 4 is 11.6 Å². The standard InChI is InChI=1S/C23H28FN3O/c1-3-4-5-6-12-25-22(28)15-20(18-10-7-11-19(24)14-18)21-16-26-23-17(2)9-8-13-27(21)23/h7-11,13-14,16,20H,3-6,12,15H2,1-2H3,(H,25,28). The van der Waals surface area contributed by atoms with Gasteiger partial charge >= 0.3 is 0 Å². The van der Waals surface area contributed by atoms with Crippen molar-refractivity contribution in [3.05, 3.63) is 71.4 Å². The summed E-state index contributed by atoms with van der Waals surface area (Å²) in [6.07, 6.45) is 8.47. The molecule has 5 heteroatoms. The number of hydrogen-bond acceptors (Lipinski definition) is 2. The van der Waals surface area contributed by atoms with Gasteiger partial charge in [0.2, 0.25) is 5.91 Å². The van der Waals surface area contributed by atoms with E-state index in [9.17, 15) is 9.18 Å². The molecule has 148 valence electrons. The van der Waals surface area contributed by atoms with Crippen molar-refractivity contribution < 1.29 is 9.18 Å². The summed E-state index contributed by atoms with van der Waals surface area (Å²) in [7, 11) is 0. The summed E-state index contributed by atoms with van der Waals surface area (Å²) in [5, 5.41) is 3.02. The molecule has 3 aromatic rings. The maximum atomic E-state index is 13.9. The lowest BCUT2D eigenvalue weighted by Gasteiger charge is -2.18. The number of nitrogens with zero attached hydrogens (tertiary/aromatic N) is 2. The third-order valence-electron chi connectivity index (χ3n) is 5.11. The SMILES string of the molecule is CCCCCCNC(=O)CC(c1cccc(F)c1)c1cnc2c(C)cccn12. The van der Waals surface area contributed by atoms with Gasteiger partial charge in [-0.1, -0.05) is 44.4 Å². The number of aryl methyl sites for hydroxylation is 1. The number of nitrogens with one attached hydrogen (secondary N) is 1. The minimum atomic E-state index is -0.299. The molecule has 0 aliphatic rings. The molecule has 1 atom stereocenters. The molecule has 1 aromatic carbocycles. The normalized spacial score (nSPS) is 12.2. The maximum absolute atomic E-state index is 13.9. The van der Waals surface area contributed by atoms with Crippen LogP contribution in [0.4, 0.5) is 4.39 Å². The van der Waals surface area contributed by atoms with Crippen LogP contribution in [0.5, 0.6) is 0 Å². The molecule has 1 N–H and O–H groups in total. The Balaban J connectivity index is 1.84. The average Bonchev–Trinajstić information content (AvgIpc) is 3.11. The molecule has 0 aliphatic heterocycles. The summed E-state index contributed by atoms with van der Waals surface area (Å²) in [5.74, 6) is -0.580. The van der Waals surface area contributed by atoms with E-state index in [1.54, 1.807) is 12.3 Å². The molecule has 0 aliphatic carbocycles. The third kappa shape index (κ3) is 4.77. The molecule has 1 unspecified atom stereocenters. The van der Waals surface area contributed by atoms with Crippen LogP contribution in [0.15, 0.2) is 48.8 Å². The summed E-state index contributed by atoms with van der Waals surface area (Å²) < 4.78 is 15.9. The lowest BCUT2D eigenvalue weighted by atomic mass is 9.92. The number of unbranched alkanes of at least 4 members (excludes halogenated alkanes) is 3. The Morgan fingerprint density at radius 3 is 2.86 bits per heavy atom. The summed E-state index contributed by atoms with van der Waals surface area (Å²) in [6, 6.07) is 10.5. The first-order valence-electron chi connectivity index (χ1n) is 10.0. The van der Waals surface area contributed by atoms with Crippen molar-refractivity contribution in [2.24, 2.45) is 0 Å². The van der Waals surface area contributed by atoms with Crippen molar-refractivity contribution in [3.8, 4) is 0 Å². The molecule has 2 aromatic heterocycles. The van der Waals surface area contributed by atoms with Crippen molar-refractivity contribution in [3.63, 3.8) is 0 Å². The number of hydrogen-bond donors (Lipinski definition) is 1. The second kappa shape index (κ2) is 9.49. The number of fused-ring (bicyclic) bond motifs is 1. The molecule has 2 heterocycles. The quantitative estimate of drug-likeness (QED) is 0.530. The Kier molecular flexibility index (Phi) is 6.80. The highest BCUT2D eigenvalue weighted by Crippen LogP contribution is 2.29. The first-order chi connectivity index (χ1) is 13.6. The predicted molar refractivity (Wildman–Crippen MR) is 110 cm³/mol. The predicted octanol–water partition coefficient (Wildman–Crippen LogP) is 5.00. The van der Waals surface area contributed by atoms with E-state index in [1.165, 1.54) is 25.0 Å². The smallest absolute Gasteiger partial charge is 0.221 e. The van der Waals surface area contributed by atoms with Crippen LogP contribution >= 0.6 is 0 Å². The minimum Gasteiger partial charge on any atom is -0.356 e. The summed E-state index contributed by atoms with van der Waals surface area (Å²) in [5.41, 5.74) is 3.60. The molecule has 0 bridgehead atoms. The summed E-state index contributed by atoms with van der Waals surface area (Å²) in [4.78, 5) is 17.1. The summed E-state index contributed by atoms with van der Waals surface area (Å²) >= 11 is 0. The Morgan fingerprint density at radius 2 is 2.07 bits per heavy atom. The van der Waals surface area contributed by atoms with E-state index in [-0.39, 0.29) is 24.1 Å². The zero-order chi connectivity index (χ0) is 19.9. The van der Waals surface area contributed by atoms with Crippen LogP contribution in [0.3, 0.4) is 0 Å². The van der Waals surface area contributed by atoms with E-state index in [0.29, 0.717) is 6.54 Å². The lowest BCUT2D eigenvalue weighted by Crippen LogP contribution is -2.26. The van der Waals surface area contributed by atoms with Gasteiger partial charge in [0.15, 0.2) is 0 Å². The molecular weight excluding hydrogens is 353 g/mol. The Morgan fingerprint density at radius 1 is 1.21 bits per heavy atom. The van der Waals surface area contributed by atoms with E-state index in [0.717, 1.165) is 35.3 Å². The van der Waals surface area contributed by atoms with E-state index < -0.39 is 0 Å². The van der Waals surface area contributed by atoms with Gasteiger partial charge in [0.25, 0.3) is 0 Å². The van der Waals surface area contributed by atoms with E-state index in [2.05, 4.69) is 17.2 Å². The number of carbonyl (C=O) groups excluding carboxylic acids is 1. The first-order valence-corrected chi connectivity index (χ1v) is 10.0. The Labute approximate surface area is 165 Å². The van der Waals surface area contributed by atoms with Crippen molar-refractivity contribution in [2.75, 3.05) is 6.54 Å². The van der Waals surface area contributed by atoms with Gasteiger partial charge in [-0.05, 0) is 42.7 Å². The number of rotatable bonds is 9. The number of imidazole rings is 1. The van der Waals surface area contributed by atoms with Crippen LogP contribution in [0, 0.1) is 12.7 Å². The molecular formula is C23H28FN3O.